The van der Waals surface area contributed by atoms with Crippen LogP contribution in [0.3, 0.4) is 0 Å². The number of ether oxygens (including phenoxy) is 2. The van der Waals surface area contributed by atoms with E-state index in [1.54, 1.807) is 0 Å². The number of hydrogen-bond acceptors (Lipinski definition) is 6. The van der Waals surface area contributed by atoms with Gasteiger partial charge in [-0.05, 0) is 18.2 Å². The number of halogens is 2. The Hall–Kier alpha value is -3.23. The molecule has 0 spiro atoms. The molecule has 7 nitrogen and oxygen atoms in total. The lowest BCUT2D eigenvalue weighted by molar-refractivity contribution is -0.384. The third-order valence-electron chi connectivity index (χ3n) is 2.96. The van der Waals surface area contributed by atoms with Crippen molar-refractivity contribution in [3.05, 3.63) is 52.1 Å². The summed E-state index contributed by atoms with van der Waals surface area (Å²) in [6.07, 6.45) is -2.54. The molecule has 0 saturated heterocycles. The van der Waals surface area contributed by atoms with Crippen LogP contribution in [0.1, 0.15) is 5.56 Å². The Balaban J connectivity index is 1.87. The van der Waals surface area contributed by atoms with Gasteiger partial charge in [-0.25, -0.2) is 0 Å². The van der Waals surface area contributed by atoms with Crippen molar-refractivity contribution >= 4 is 17.6 Å². The van der Waals surface area contributed by atoms with Gasteiger partial charge in [-0.2, -0.15) is 0 Å². The molecule has 2 aromatic carbocycles. The summed E-state index contributed by atoms with van der Waals surface area (Å²) in [5.74, 6) is -0.494. The van der Waals surface area contributed by atoms with Crippen LogP contribution in [-0.4, -0.2) is 22.5 Å². The lowest BCUT2D eigenvalue weighted by atomic mass is 10.2. The van der Waals surface area contributed by atoms with Crippen LogP contribution in [0, 0.1) is 10.1 Å². The Bertz CT molecular complexity index is 823. The Morgan fingerprint density at radius 1 is 1.17 bits per heavy atom. The molecule has 0 fully saturated rings. The molecule has 9 heteroatoms. The van der Waals surface area contributed by atoms with Gasteiger partial charge in [0.1, 0.15) is 5.75 Å². The highest BCUT2D eigenvalue weighted by Crippen LogP contribution is 2.42. The first-order valence-electron chi connectivity index (χ1n) is 6.25. The summed E-state index contributed by atoms with van der Waals surface area (Å²) in [6, 6.07) is 7.33. The van der Waals surface area contributed by atoms with Gasteiger partial charge in [0, 0.05) is 30.0 Å². The quantitative estimate of drug-likeness (QED) is 0.531. The predicted molar refractivity (Wildman–Crippen MR) is 74.7 cm³/mol. The van der Waals surface area contributed by atoms with E-state index < -0.39 is 11.2 Å². The van der Waals surface area contributed by atoms with Gasteiger partial charge >= 0.3 is 6.29 Å². The van der Waals surface area contributed by atoms with E-state index in [2.05, 4.69) is 14.5 Å². The van der Waals surface area contributed by atoms with E-state index in [4.69, 9.17) is 0 Å². The van der Waals surface area contributed by atoms with Crippen LogP contribution >= 0.6 is 0 Å². The van der Waals surface area contributed by atoms with Crippen molar-refractivity contribution < 1.29 is 28.3 Å². The molecule has 0 amide bonds. The molecule has 23 heavy (non-hydrogen) atoms. The van der Waals surface area contributed by atoms with E-state index in [0.29, 0.717) is 0 Å². The summed E-state index contributed by atoms with van der Waals surface area (Å²) in [7, 11) is 0. The van der Waals surface area contributed by atoms with Crippen LogP contribution in [0.4, 0.5) is 20.2 Å². The Labute approximate surface area is 127 Å². The van der Waals surface area contributed by atoms with Gasteiger partial charge in [-0.15, -0.1) is 8.78 Å². The first-order chi connectivity index (χ1) is 10.8. The largest absolute Gasteiger partial charge is 0.586 e. The number of aliphatic imine (C=N–C) groups is 1. The first-order valence-corrected chi connectivity index (χ1v) is 6.25. The number of phenolic OH excluding ortho intramolecular Hbond substituents is 1. The maximum Gasteiger partial charge on any atom is 0.586 e. The number of fused-ring (bicyclic) bond motifs is 1. The molecule has 3 rings (SSSR count). The SMILES string of the molecule is O=[N+]([O-])c1ccc(O)c(C=Nc2ccc3c(c2)OC(F)(F)O3)c1. The standard InChI is InChI=1S/C14H8F2N2O5/c15-14(16)22-12-4-1-9(6-13(12)23-14)17-7-8-5-10(18(20)21)2-3-11(8)19/h1-7,19H. The number of nitro benzene ring substituents is 1. The van der Waals surface area contributed by atoms with Crippen molar-refractivity contribution in [2.75, 3.05) is 0 Å². The lowest BCUT2D eigenvalue weighted by Gasteiger charge is -2.04. The van der Waals surface area contributed by atoms with E-state index in [0.717, 1.165) is 12.1 Å². The molecular weight excluding hydrogens is 314 g/mol. The normalized spacial score (nSPS) is 15.0. The summed E-state index contributed by atoms with van der Waals surface area (Å²) in [5.41, 5.74) is 0.146. The Kier molecular flexibility index (Phi) is 3.32. The van der Waals surface area contributed by atoms with Crippen LogP contribution < -0.4 is 9.47 Å². The molecule has 0 bridgehead atoms. The molecule has 1 aliphatic heterocycles. The van der Waals surface area contributed by atoms with Crippen LogP contribution in [0.25, 0.3) is 0 Å². The number of non-ortho nitro benzene ring substituents is 1. The van der Waals surface area contributed by atoms with E-state index in [1.165, 1.54) is 30.5 Å². The number of benzene rings is 2. The van der Waals surface area contributed by atoms with Crippen molar-refractivity contribution in [1.29, 1.82) is 0 Å². The average molecular weight is 322 g/mol. The minimum atomic E-state index is -3.72. The Morgan fingerprint density at radius 3 is 2.65 bits per heavy atom. The fraction of sp³-hybridized carbons (Fsp3) is 0.0714. The molecule has 118 valence electrons. The number of hydrogen-bond donors (Lipinski definition) is 1. The molecule has 0 aliphatic carbocycles. The molecule has 0 unspecified atom stereocenters. The Morgan fingerprint density at radius 2 is 1.91 bits per heavy atom. The van der Waals surface area contributed by atoms with Gasteiger partial charge < -0.3 is 14.6 Å². The van der Waals surface area contributed by atoms with Crippen LogP contribution in [0.2, 0.25) is 0 Å². The van der Waals surface area contributed by atoms with Crippen molar-refractivity contribution in [3.8, 4) is 17.2 Å². The monoisotopic (exact) mass is 322 g/mol. The smallest absolute Gasteiger partial charge is 0.507 e. The van der Waals surface area contributed by atoms with E-state index in [-0.39, 0.29) is 34.2 Å². The topological polar surface area (TPSA) is 94.2 Å². The second kappa shape index (κ2) is 5.20. The summed E-state index contributed by atoms with van der Waals surface area (Å²) in [4.78, 5) is 14.1. The van der Waals surface area contributed by atoms with Crippen molar-refractivity contribution in [2.45, 2.75) is 6.29 Å². The maximum absolute atomic E-state index is 12.9. The van der Waals surface area contributed by atoms with Gasteiger partial charge in [0.2, 0.25) is 0 Å². The second-order valence-corrected chi connectivity index (χ2v) is 4.56. The summed E-state index contributed by atoms with van der Waals surface area (Å²) in [5, 5.41) is 20.4. The van der Waals surface area contributed by atoms with Gasteiger partial charge in [-0.3, -0.25) is 15.1 Å². The van der Waals surface area contributed by atoms with Crippen LogP contribution in [0.5, 0.6) is 17.2 Å². The third-order valence-corrected chi connectivity index (χ3v) is 2.96. The highest BCUT2D eigenvalue weighted by molar-refractivity contribution is 5.86. The zero-order valence-corrected chi connectivity index (χ0v) is 11.3. The lowest BCUT2D eigenvalue weighted by Crippen LogP contribution is -2.25. The molecule has 1 heterocycles. The minimum absolute atomic E-state index is 0.113. The molecule has 1 aliphatic rings. The van der Waals surface area contributed by atoms with Crippen molar-refractivity contribution in [3.63, 3.8) is 0 Å². The fourth-order valence-corrected chi connectivity index (χ4v) is 1.92. The molecule has 0 saturated carbocycles. The van der Waals surface area contributed by atoms with E-state index >= 15 is 0 Å². The zero-order chi connectivity index (χ0) is 16.6. The number of nitrogens with zero attached hydrogens (tertiary/aromatic N) is 2. The van der Waals surface area contributed by atoms with Gasteiger partial charge in [0.05, 0.1) is 10.6 Å². The van der Waals surface area contributed by atoms with Gasteiger partial charge in [0.15, 0.2) is 11.5 Å². The highest BCUT2D eigenvalue weighted by Gasteiger charge is 2.43. The number of alkyl halides is 2. The highest BCUT2D eigenvalue weighted by atomic mass is 19.3. The molecule has 0 aromatic heterocycles. The molecule has 0 atom stereocenters. The van der Waals surface area contributed by atoms with Gasteiger partial charge in [-0.1, -0.05) is 0 Å². The van der Waals surface area contributed by atoms with Gasteiger partial charge in [0.25, 0.3) is 5.69 Å². The second-order valence-electron chi connectivity index (χ2n) is 4.56. The van der Waals surface area contributed by atoms with E-state index in [9.17, 15) is 24.0 Å². The van der Waals surface area contributed by atoms with Crippen molar-refractivity contribution in [2.24, 2.45) is 4.99 Å². The third kappa shape index (κ3) is 3.03. The summed E-state index contributed by atoms with van der Waals surface area (Å²) in [6.45, 7) is 0. The molecule has 0 radical (unpaired) electrons. The number of rotatable bonds is 3. The first kappa shape index (κ1) is 14.7. The summed E-state index contributed by atoms with van der Waals surface area (Å²) < 4.78 is 34.4. The maximum atomic E-state index is 12.9. The van der Waals surface area contributed by atoms with E-state index in [1.807, 2.05) is 0 Å². The van der Waals surface area contributed by atoms with Crippen LogP contribution in [-0.2, 0) is 0 Å². The summed E-state index contributed by atoms with van der Waals surface area (Å²) >= 11 is 0. The van der Waals surface area contributed by atoms with Crippen molar-refractivity contribution in [1.82, 2.24) is 0 Å². The minimum Gasteiger partial charge on any atom is -0.507 e. The number of aromatic hydroxyl groups is 1. The zero-order valence-electron chi connectivity index (χ0n) is 11.3. The van der Waals surface area contributed by atoms with Crippen LogP contribution in [0.15, 0.2) is 41.4 Å². The average Bonchev–Trinajstić information content (AvgIpc) is 2.79. The molecule has 2 aromatic rings. The number of phenols is 1. The predicted octanol–water partition coefficient (Wildman–Crippen LogP) is 3.37. The molecular formula is C14H8F2N2O5. The fourth-order valence-electron chi connectivity index (χ4n) is 1.92. The molecule has 1 N–H and O–H groups in total. The number of nitro groups is 1.